The predicted molar refractivity (Wildman–Crippen MR) is 64.1 cm³/mol. The molecule has 0 unspecified atom stereocenters. The van der Waals surface area contributed by atoms with Crippen molar-refractivity contribution in [3.8, 4) is 0 Å². The maximum atomic E-state index is 12.7. The number of rotatable bonds is 0. The molecule has 1 aromatic carbocycles. The predicted octanol–water partition coefficient (Wildman–Crippen LogP) is 3.53. The molecule has 2 heterocycles. The first-order chi connectivity index (χ1) is 8.47. The van der Waals surface area contributed by atoms with Gasteiger partial charge in [0, 0.05) is 6.20 Å². The Labute approximate surface area is 103 Å². The second-order valence-electron chi connectivity index (χ2n) is 3.83. The molecule has 2 nitrogen and oxygen atoms in total. The van der Waals surface area contributed by atoms with Gasteiger partial charge in [0.2, 0.25) is 0 Å². The Morgan fingerprint density at radius 1 is 1.11 bits per heavy atom. The number of halogens is 3. The van der Waals surface area contributed by atoms with E-state index in [0.29, 0.717) is 15.7 Å². The summed E-state index contributed by atoms with van der Waals surface area (Å²) in [4.78, 5) is 11.7. The minimum Gasteiger partial charge on any atom is -0.312 e. The highest BCUT2D eigenvalue weighted by atomic mass is 32.1. The van der Waals surface area contributed by atoms with Gasteiger partial charge >= 0.3 is 6.18 Å². The summed E-state index contributed by atoms with van der Waals surface area (Å²) in [5.74, 6) is 0. The van der Waals surface area contributed by atoms with Gasteiger partial charge in [-0.3, -0.25) is 4.79 Å². The Balaban J connectivity index is 2.46. The Morgan fingerprint density at radius 3 is 2.61 bits per heavy atom. The van der Waals surface area contributed by atoms with Gasteiger partial charge in [0.05, 0.1) is 15.8 Å². The molecule has 92 valence electrons. The van der Waals surface area contributed by atoms with Crippen molar-refractivity contribution in [2.24, 2.45) is 0 Å². The van der Waals surface area contributed by atoms with Crippen LogP contribution in [0.4, 0.5) is 13.2 Å². The smallest absolute Gasteiger partial charge is 0.312 e. The van der Waals surface area contributed by atoms with Crippen molar-refractivity contribution in [3.05, 3.63) is 51.6 Å². The van der Waals surface area contributed by atoms with Crippen LogP contribution in [0, 0.1) is 0 Å². The number of hydrogen-bond acceptors (Lipinski definition) is 2. The lowest BCUT2D eigenvalue weighted by atomic mass is 10.2. The van der Waals surface area contributed by atoms with Crippen molar-refractivity contribution in [1.82, 2.24) is 4.40 Å². The van der Waals surface area contributed by atoms with E-state index in [-0.39, 0.29) is 4.74 Å². The molecule has 0 N–H and O–H groups in total. The lowest BCUT2D eigenvalue weighted by Crippen LogP contribution is -2.06. The minimum absolute atomic E-state index is 0.160. The SMILES string of the molecule is O=c1sc2ccc(C(F)(F)F)cc2n2cccc12. The number of aromatic nitrogens is 1. The molecule has 0 radical (unpaired) electrons. The molecule has 0 saturated carbocycles. The molecule has 3 aromatic rings. The third kappa shape index (κ3) is 1.60. The zero-order chi connectivity index (χ0) is 12.9. The molecular formula is C12H6F3NOS. The summed E-state index contributed by atoms with van der Waals surface area (Å²) in [7, 11) is 0. The highest BCUT2D eigenvalue weighted by Crippen LogP contribution is 2.32. The van der Waals surface area contributed by atoms with Crippen LogP contribution in [0.1, 0.15) is 5.56 Å². The summed E-state index contributed by atoms with van der Waals surface area (Å²) in [5.41, 5.74) is 0.0806. The zero-order valence-electron chi connectivity index (χ0n) is 8.86. The van der Waals surface area contributed by atoms with Crippen LogP contribution < -0.4 is 4.74 Å². The van der Waals surface area contributed by atoms with E-state index >= 15 is 0 Å². The summed E-state index contributed by atoms with van der Waals surface area (Å²) >= 11 is 0.951. The molecule has 0 aliphatic carbocycles. The molecule has 3 rings (SSSR count). The third-order valence-electron chi connectivity index (χ3n) is 2.71. The maximum Gasteiger partial charge on any atom is 0.416 e. The fourth-order valence-electron chi connectivity index (χ4n) is 1.88. The largest absolute Gasteiger partial charge is 0.416 e. The van der Waals surface area contributed by atoms with Crippen LogP contribution in [0.3, 0.4) is 0 Å². The van der Waals surface area contributed by atoms with Gasteiger partial charge < -0.3 is 4.40 Å². The van der Waals surface area contributed by atoms with Gasteiger partial charge in [0.1, 0.15) is 5.52 Å². The average Bonchev–Trinajstić information content (AvgIpc) is 2.77. The first-order valence-corrected chi connectivity index (χ1v) is 5.89. The number of nitrogens with zero attached hydrogens (tertiary/aromatic N) is 1. The first kappa shape index (κ1) is 11.3. The lowest BCUT2D eigenvalue weighted by Gasteiger charge is -2.08. The van der Waals surface area contributed by atoms with Crippen LogP contribution in [0.2, 0.25) is 0 Å². The molecule has 0 spiro atoms. The van der Waals surface area contributed by atoms with E-state index in [9.17, 15) is 18.0 Å². The lowest BCUT2D eigenvalue weighted by molar-refractivity contribution is -0.137. The fraction of sp³-hybridized carbons (Fsp3) is 0.0833. The van der Waals surface area contributed by atoms with Crippen LogP contribution in [0.15, 0.2) is 41.3 Å². The highest BCUT2D eigenvalue weighted by molar-refractivity contribution is 7.16. The Morgan fingerprint density at radius 2 is 1.89 bits per heavy atom. The summed E-state index contributed by atoms with van der Waals surface area (Å²) in [5, 5.41) is 0. The van der Waals surface area contributed by atoms with Gasteiger partial charge in [0.15, 0.2) is 0 Å². The number of alkyl halides is 3. The van der Waals surface area contributed by atoms with Gasteiger partial charge in [-0.2, -0.15) is 13.2 Å². The number of hydrogen-bond donors (Lipinski definition) is 0. The summed E-state index contributed by atoms with van der Waals surface area (Å²) < 4.78 is 39.8. The fourth-order valence-corrected chi connectivity index (χ4v) is 2.75. The van der Waals surface area contributed by atoms with Crippen molar-refractivity contribution >= 4 is 27.1 Å². The van der Waals surface area contributed by atoms with Crippen molar-refractivity contribution < 1.29 is 13.2 Å². The van der Waals surface area contributed by atoms with E-state index in [1.807, 2.05) is 0 Å². The van der Waals surface area contributed by atoms with Crippen LogP contribution in [-0.2, 0) is 6.18 Å². The molecule has 0 aliphatic rings. The second-order valence-corrected chi connectivity index (χ2v) is 4.85. The Kier molecular flexibility index (Phi) is 2.25. The molecule has 0 atom stereocenters. The molecule has 2 aromatic heterocycles. The van der Waals surface area contributed by atoms with Crippen molar-refractivity contribution in [2.45, 2.75) is 6.18 Å². The summed E-state index contributed by atoms with van der Waals surface area (Å²) in [6, 6.07) is 6.64. The maximum absolute atomic E-state index is 12.7. The van der Waals surface area contributed by atoms with E-state index in [1.54, 1.807) is 18.3 Å². The third-order valence-corrected chi connectivity index (χ3v) is 3.67. The molecular weight excluding hydrogens is 263 g/mol. The van der Waals surface area contributed by atoms with E-state index in [0.717, 1.165) is 23.5 Å². The molecule has 0 fully saturated rings. The minimum atomic E-state index is -4.38. The number of benzene rings is 1. The van der Waals surface area contributed by atoms with Crippen molar-refractivity contribution in [1.29, 1.82) is 0 Å². The summed E-state index contributed by atoms with van der Waals surface area (Å²) in [6.07, 6.45) is -2.79. The van der Waals surface area contributed by atoms with Crippen molar-refractivity contribution in [3.63, 3.8) is 0 Å². The van der Waals surface area contributed by atoms with E-state index in [2.05, 4.69) is 0 Å². The van der Waals surface area contributed by atoms with Crippen molar-refractivity contribution in [2.75, 3.05) is 0 Å². The molecule has 0 aliphatic heterocycles. The standard InChI is InChI=1S/C12H6F3NOS/c13-12(14,15)7-3-4-10-9(6-7)16-5-1-2-8(16)11(17)18-10/h1-6H. The van der Waals surface area contributed by atoms with Crippen LogP contribution >= 0.6 is 11.3 Å². The Hall–Kier alpha value is -1.82. The van der Waals surface area contributed by atoms with Gasteiger partial charge in [-0.05, 0) is 30.3 Å². The van der Waals surface area contributed by atoms with Gasteiger partial charge in [-0.1, -0.05) is 11.3 Å². The van der Waals surface area contributed by atoms with E-state index < -0.39 is 11.7 Å². The second kappa shape index (κ2) is 3.58. The molecule has 0 bridgehead atoms. The summed E-state index contributed by atoms with van der Waals surface area (Å²) in [6.45, 7) is 0. The molecule has 0 amide bonds. The van der Waals surface area contributed by atoms with Crippen LogP contribution in [0.5, 0.6) is 0 Å². The van der Waals surface area contributed by atoms with Gasteiger partial charge in [-0.25, -0.2) is 0 Å². The molecule has 0 saturated heterocycles. The van der Waals surface area contributed by atoms with Gasteiger partial charge in [-0.15, -0.1) is 0 Å². The zero-order valence-corrected chi connectivity index (χ0v) is 9.68. The molecule has 6 heteroatoms. The highest BCUT2D eigenvalue weighted by Gasteiger charge is 2.30. The first-order valence-electron chi connectivity index (χ1n) is 5.08. The molecule has 18 heavy (non-hydrogen) atoms. The van der Waals surface area contributed by atoms with Gasteiger partial charge in [0.25, 0.3) is 4.74 Å². The topological polar surface area (TPSA) is 21.5 Å². The Bertz CT molecular complexity index is 800. The monoisotopic (exact) mass is 269 g/mol. The normalized spacial score (nSPS) is 12.4. The van der Waals surface area contributed by atoms with Crippen LogP contribution in [0.25, 0.3) is 15.7 Å². The number of fused-ring (bicyclic) bond motifs is 3. The van der Waals surface area contributed by atoms with E-state index in [1.165, 1.54) is 10.5 Å². The van der Waals surface area contributed by atoms with Crippen LogP contribution in [-0.4, -0.2) is 4.40 Å². The average molecular weight is 269 g/mol. The van der Waals surface area contributed by atoms with E-state index in [4.69, 9.17) is 0 Å². The quantitative estimate of drug-likeness (QED) is 0.611.